The summed E-state index contributed by atoms with van der Waals surface area (Å²) in [6, 6.07) is 10.4. The maximum atomic E-state index is 12.9. The molecule has 1 heterocycles. The molecule has 5 heteroatoms. The minimum Gasteiger partial charge on any atom is -0.310 e. The number of hydrogen-bond donors (Lipinski definition) is 1. The average Bonchev–Trinajstić information content (AvgIpc) is 3.11. The predicted octanol–water partition coefficient (Wildman–Crippen LogP) is 3.25. The standard InChI is InChI=1S/C19H27N3OS/c1-4-24-17-11-10-15(12-17)20-13-18-14(2)21(3)22(19(18)23)16-8-6-5-7-9-16/h5-9,15,17,20H,4,10-13H2,1-3H3/t15-,17-/m1/s1. The van der Waals surface area contributed by atoms with Crippen LogP contribution in [0.1, 0.15) is 37.4 Å². The number of benzene rings is 1. The number of thioether (sulfide) groups is 1. The first-order valence-electron chi connectivity index (χ1n) is 8.79. The molecular formula is C19H27N3OS. The van der Waals surface area contributed by atoms with E-state index in [9.17, 15) is 4.79 Å². The predicted molar refractivity (Wildman–Crippen MR) is 102 cm³/mol. The van der Waals surface area contributed by atoms with Gasteiger partial charge in [-0.3, -0.25) is 9.48 Å². The highest BCUT2D eigenvalue weighted by Crippen LogP contribution is 2.29. The summed E-state index contributed by atoms with van der Waals surface area (Å²) in [5, 5.41) is 4.40. The Morgan fingerprint density at radius 3 is 2.71 bits per heavy atom. The number of nitrogens with one attached hydrogen (secondary N) is 1. The Kier molecular flexibility index (Phi) is 5.51. The van der Waals surface area contributed by atoms with Gasteiger partial charge in [-0.2, -0.15) is 11.8 Å². The fourth-order valence-corrected chi connectivity index (χ4v) is 4.73. The second-order valence-corrected chi connectivity index (χ2v) is 8.09. The summed E-state index contributed by atoms with van der Waals surface area (Å²) in [4.78, 5) is 12.9. The van der Waals surface area contributed by atoms with Crippen molar-refractivity contribution in [2.45, 2.75) is 50.9 Å². The third-order valence-corrected chi connectivity index (χ3v) is 6.26. The summed E-state index contributed by atoms with van der Waals surface area (Å²) in [5.41, 5.74) is 2.92. The maximum absolute atomic E-state index is 12.9. The summed E-state index contributed by atoms with van der Waals surface area (Å²) < 4.78 is 3.72. The molecule has 2 aromatic rings. The molecule has 0 spiro atoms. The van der Waals surface area contributed by atoms with Crippen molar-refractivity contribution in [2.24, 2.45) is 7.05 Å². The van der Waals surface area contributed by atoms with Gasteiger partial charge in [0.15, 0.2) is 0 Å². The van der Waals surface area contributed by atoms with Crippen LogP contribution in [-0.2, 0) is 13.6 Å². The van der Waals surface area contributed by atoms with E-state index >= 15 is 0 Å². The highest BCUT2D eigenvalue weighted by atomic mass is 32.2. The fourth-order valence-electron chi connectivity index (χ4n) is 3.59. The minimum atomic E-state index is 0.0891. The quantitative estimate of drug-likeness (QED) is 0.873. The Balaban J connectivity index is 1.74. The van der Waals surface area contributed by atoms with Gasteiger partial charge in [0.05, 0.1) is 11.3 Å². The van der Waals surface area contributed by atoms with Crippen molar-refractivity contribution in [3.63, 3.8) is 0 Å². The van der Waals surface area contributed by atoms with Gasteiger partial charge in [0.1, 0.15) is 0 Å². The fraction of sp³-hybridized carbons (Fsp3) is 0.526. The summed E-state index contributed by atoms with van der Waals surface area (Å²) >= 11 is 2.06. The van der Waals surface area contributed by atoms with Crippen LogP contribution in [0.15, 0.2) is 35.1 Å². The second-order valence-electron chi connectivity index (χ2n) is 6.51. The van der Waals surface area contributed by atoms with Gasteiger partial charge in [0.2, 0.25) is 0 Å². The first kappa shape index (κ1) is 17.4. The molecule has 0 radical (unpaired) electrons. The molecule has 0 amide bonds. The van der Waals surface area contributed by atoms with Gasteiger partial charge in [0.25, 0.3) is 5.56 Å². The topological polar surface area (TPSA) is 39.0 Å². The zero-order chi connectivity index (χ0) is 17.1. The van der Waals surface area contributed by atoms with Crippen LogP contribution in [-0.4, -0.2) is 26.4 Å². The van der Waals surface area contributed by atoms with Gasteiger partial charge in [-0.05, 0) is 44.1 Å². The van der Waals surface area contributed by atoms with E-state index in [0.29, 0.717) is 12.6 Å². The molecule has 1 fully saturated rings. The van der Waals surface area contributed by atoms with Crippen molar-refractivity contribution in [2.75, 3.05) is 5.75 Å². The lowest BCUT2D eigenvalue weighted by Gasteiger charge is -2.12. The molecule has 4 nitrogen and oxygen atoms in total. The first-order chi connectivity index (χ1) is 11.6. The smallest absolute Gasteiger partial charge is 0.276 e. The van der Waals surface area contributed by atoms with E-state index in [-0.39, 0.29) is 5.56 Å². The van der Waals surface area contributed by atoms with E-state index < -0.39 is 0 Å². The third kappa shape index (κ3) is 3.47. The molecule has 1 aliphatic rings. The number of hydrogen-bond acceptors (Lipinski definition) is 3. The van der Waals surface area contributed by atoms with Crippen molar-refractivity contribution in [3.05, 3.63) is 51.9 Å². The maximum Gasteiger partial charge on any atom is 0.276 e. The van der Waals surface area contributed by atoms with Crippen LogP contribution in [0.2, 0.25) is 0 Å². The van der Waals surface area contributed by atoms with Gasteiger partial charge < -0.3 is 5.32 Å². The highest BCUT2D eigenvalue weighted by Gasteiger charge is 2.25. The molecular weight excluding hydrogens is 318 g/mol. The molecule has 0 bridgehead atoms. The lowest BCUT2D eigenvalue weighted by Crippen LogP contribution is -2.29. The second kappa shape index (κ2) is 7.62. The molecule has 0 saturated heterocycles. The molecule has 2 atom stereocenters. The van der Waals surface area contributed by atoms with E-state index in [1.165, 1.54) is 25.0 Å². The van der Waals surface area contributed by atoms with Gasteiger partial charge >= 0.3 is 0 Å². The molecule has 1 aliphatic carbocycles. The van der Waals surface area contributed by atoms with Crippen LogP contribution in [0.4, 0.5) is 0 Å². The lowest BCUT2D eigenvalue weighted by atomic mass is 10.2. The molecule has 1 aromatic heterocycles. The summed E-state index contributed by atoms with van der Waals surface area (Å²) in [6.45, 7) is 4.92. The minimum absolute atomic E-state index is 0.0891. The van der Waals surface area contributed by atoms with Crippen LogP contribution in [0.3, 0.4) is 0 Å². The molecule has 130 valence electrons. The summed E-state index contributed by atoms with van der Waals surface area (Å²) in [5.74, 6) is 1.19. The van der Waals surface area contributed by atoms with Gasteiger partial charge in [0, 0.05) is 30.6 Å². The molecule has 24 heavy (non-hydrogen) atoms. The van der Waals surface area contributed by atoms with Gasteiger partial charge in [-0.1, -0.05) is 25.1 Å². The van der Waals surface area contributed by atoms with Crippen LogP contribution in [0, 0.1) is 6.92 Å². The zero-order valence-corrected chi connectivity index (χ0v) is 15.6. The van der Waals surface area contributed by atoms with E-state index in [1.807, 2.05) is 49.0 Å². The first-order valence-corrected chi connectivity index (χ1v) is 9.84. The van der Waals surface area contributed by atoms with Crippen molar-refractivity contribution in [1.82, 2.24) is 14.7 Å². The SMILES string of the molecule is CCS[C@@H]1CC[C@@H](NCc2c(C)n(C)n(-c3ccccc3)c2=O)C1. The largest absolute Gasteiger partial charge is 0.310 e. The van der Waals surface area contributed by atoms with Crippen LogP contribution in [0.25, 0.3) is 5.69 Å². The molecule has 1 saturated carbocycles. The van der Waals surface area contributed by atoms with Crippen LogP contribution >= 0.6 is 11.8 Å². The van der Waals surface area contributed by atoms with Gasteiger partial charge in [-0.25, -0.2) is 4.68 Å². The molecule has 1 N–H and O–H groups in total. The Morgan fingerprint density at radius 2 is 2.00 bits per heavy atom. The van der Waals surface area contributed by atoms with Crippen molar-refractivity contribution < 1.29 is 0 Å². The number of nitrogens with zero attached hydrogens (tertiary/aromatic N) is 2. The average molecular weight is 346 g/mol. The summed E-state index contributed by atoms with van der Waals surface area (Å²) in [6.07, 6.45) is 3.73. The molecule has 3 rings (SSSR count). The van der Waals surface area contributed by atoms with E-state index in [0.717, 1.165) is 22.2 Å². The molecule has 0 unspecified atom stereocenters. The normalized spacial score (nSPS) is 20.6. The summed E-state index contributed by atoms with van der Waals surface area (Å²) in [7, 11) is 1.96. The molecule has 1 aromatic carbocycles. The van der Waals surface area contributed by atoms with E-state index in [2.05, 4.69) is 24.0 Å². The van der Waals surface area contributed by atoms with Crippen molar-refractivity contribution in [1.29, 1.82) is 0 Å². The lowest BCUT2D eigenvalue weighted by molar-refractivity contribution is 0.523. The van der Waals surface area contributed by atoms with Crippen molar-refractivity contribution >= 4 is 11.8 Å². The number of rotatable bonds is 6. The Morgan fingerprint density at radius 1 is 1.25 bits per heavy atom. The Bertz CT molecular complexity index is 735. The van der Waals surface area contributed by atoms with E-state index in [4.69, 9.17) is 0 Å². The van der Waals surface area contributed by atoms with E-state index in [1.54, 1.807) is 4.68 Å². The Labute approximate surface area is 148 Å². The monoisotopic (exact) mass is 345 g/mol. The molecule has 0 aliphatic heterocycles. The highest BCUT2D eigenvalue weighted by molar-refractivity contribution is 7.99. The van der Waals surface area contributed by atoms with Crippen LogP contribution in [0.5, 0.6) is 0 Å². The zero-order valence-electron chi connectivity index (χ0n) is 14.8. The number of para-hydroxylation sites is 1. The third-order valence-electron chi connectivity index (χ3n) is 5.03. The Hall–Kier alpha value is -1.46. The van der Waals surface area contributed by atoms with Gasteiger partial charge in [-0.15, -0.1) is 0 Å². The van der Waals surface area contributed by atoms with Crippen LogP contribution < -0.4 is 10.9 Å². The number of aromatic nitrogens is 2. The van der Waals surface area contributed by atoms with Crippen molar-refractivity contribution in [3.8, 4) is 5.69 Å².